The van der Waals surface area contributed by atoms with Gasteiger partial charge in [-0.3, -0.25) is 9.36 Å². The molecule has 4 rings (SSSR count). The molecular formula is C21H21ClFN5OS. The second kappa shape index (κ2) is 9.06. The minimum atomic E-state index is -0.481. The third-order valence-corrected chi connectivity index (χ3v) is 6.20. The van der Waals surface area contributed by atoms with Crippen LogP contribution >= 0.6 is 23.4 Å². The van der Waals surface area contributed by atoms with Gasteiger partial charge in [-0.1, -0.05) is 41.6 Å². The van der Waals surface area contributed by atoms with Gasteiger partial charge in [0.2, 0.25) is 11.9 Å². The number of rotatable bonds is 6. The molecule has 1 amide bonds. The molecule has 0 spiro atoms. The molecule has 1 fully saturated rings. The van der Waals surface area contributed by atoms with E-state index in [1.165, 1.54) is 23.9 Å². The van der Waals surface area contributed by atoms with Gasteiger partial charge in [0.15, 0.2) is 5.16 Å². The first-order valence-electron chi connectivity index (χ1n) is 9.71. The van der Waals surface area contributed by atoms with Crippen molar-refractivity contribution in [3.8, 4) is 5.69 Å². The van der Waals surface area contributed by atoms with Crippen LogP contribution in [0.5, 0.6) is 0 Å². The summed E-state index contributed by atoms with van der Waals surface area (Å²) in [6, 6.07) is 13.3. The van der Waals surface area contributed by atoms with Gasteiger partial charge >= 0.3 is 0 Å². The van der Waals surface area contributed by atoms with Crippen molar-refractivity contribution in [3.05, 3.63) is 59.4 Å². The zero-order valence-corrected chi connectivity index (χ0v) is 18.0. The number of para-hydroxylation sites is 1. The first-order valence-corrected chi connectivity index (χ1v) is 11.0. The van der Waals surface area contributed by atoms with E-state index in [2.05, 4.69) is 20.4 Å². The average molecular weight is 446 g/mol. The Morgan fingerprint density at radius 2 is 1.93 bits per heavy atom. The quantitative estimate of drug-likeness (QED) is 0.553. The fourth-order valence-electron chi connectivity index (χ4n) is 3.33. The van der Waals surface area contributed by atoms with Crippen LogP contribution in [0.15, 0.2) is 53.7 Å². The Labute approximate surface area is 183 Å². The Hall–Kier alpha value is -2.58. The second-order valence-electron chi connectivity index (χ2n) is 7.02. The average Bonchev–Trinajstić information content (AvgIpc) is 3.38. The lowest BCUT2D eigenvalue weighted by molar-refractivity contribution is -0.115. The van der Waals surface area contributed by atoms with E-state index >= 15 is 0 Å². The van der Waals surface area contributed by atoms with Crippen LogP contribution in [0, 0.1) is 5.82 Å². The van der Waals surface area contributed by atoms with Crippen LogP contribution in [0.4, 0.5) is 16.0 Å². The number of nitrogens with one attached hydrogen (secondary N) is 1. The normalized spacial score (nSPS) is 14.7. The van der Waals surface area contributed by atoms with E-state index in [1.54, 1.807) is 19.1 Å². The third kappa shape index (κ3) is 4.44. The molecule has 1 saturated heterocycles. The maximum absolute atomic E-state index is 13.4. The summed E-state index contributed by atoms with van der Waals surface area (Å²) >= 11 is 7.75. The number of nitrogens with zero attached hydrogens (tertiary/aromatic N) is 4. The first kappa shape index (κ1) is 20.7. The van der Waals surface area contributed by atoms with Crippen LogP contribution in [-0.4, -0.2) is 39.0 Å². The number of carbonyl (C=O) groups is 1. The Balaban J connectivity index is 1.60. The number of hydrogen-bond donors (Lipinski definition) is 1. The summed E-state index contributed by atoms with van der Waals surface area (Å²) < 4.78 is 15.3. The van der Waals surface area contributed by atoms with Gasteiger partial charge < -0.3 is 10.2 Å². The molecule has 3 aromatic rings. The van der Waals surface area contributed by atoms with E-state index in [1.807, 2.05) is 28.8 Å². The summed E-state index contributed by atoms with van der Waals surface area (Å²) in [5.74, 6) is 0.0738. The molecule has 2 aromatic carbocycles. The first-order chi connectivity index (χ1) is 14.5. The van der Waals surface area contributed by atoms with Gasteiger partial charge in [-0.05, 0) is 50.1 Å². The van der Waals surface area contributed by atoms with Crippen molar-refractivity contribution in [2.24, 2.45) is 0 Å². The van der Waals surface area contributed by atoms with Crippen LogP contribution in [0.2, 0.25) is 5.02 Å². The SMILES string of the molecule is CC(Sc1nnc(N2CCCC2)n1-c1ccccc1Cl)C(=O)Nc1cccc(F)c1. The fraction of sp³-hybridized carbons (Fsp3) is 0.286. The van der Waals surface area contributed by atoms with Crippen LogP contribution < -0.4 is 10.2 Å². The molecule has 0 bridgehead atoms. The van der Waals surface area contributed by atoms with E-state index in [4.69, 9.17) is 11.6 Å². The predicted octanol–water partition coefficient (Wildman–Crippen LogP) is 4.78. The lowest BCUT2D eigenvalue weighted by Crippen LogP contribution is -2.24. The van der Waals surface area contributed by atoms with Crippen molar-refractivity contribution < 1.29 is 9.18 Å². The molecule has 30 heavy (non-hydrogen) atoms. The standard InChI is InChI=1S/C21H21ClFN5OS/c1-14(19(29)24-16-8-6-7-15(23)13-16)30-21-26-25-20(27-11-4-5-12-27)28(21)18-10-3-2-9-17(18)22/h2-3,6-10,13-14H,4-5,11-12H2,1H3,(H,24,29). The summed E-state index contributed by atoms with van der Waals surface area (Å²) in [7, 11) is 0. The molecule has 2 heterocycles. The van der Waals surface area contributed by atoms with Gasteiger partial charge in [0, 0.05) is 18.8 Å². The van der Waals surface area contributed by atoms with Crippen LogP contribution in [0.1, 0.15) is 19.8 Å². The predicted molar refractivity (Wildman–Crippen MR) is 118 cm³/mol. The monoisotopic (exact) mass is 445 g/mol. The van der Waals surface area contributed by atoms with E-state index in [-0.39, 0.29) is 5.91 Å². The highest BCUT2D eigenvalue weighted by Crippen LogP contribution is 2.33. The minimum Gasteiger partial charge on any atom is -0.341 e. The Morgan fingerprint density at radius 1 is 1.17 bits per heavy atom. The summed E-state index contributed by atoms with van der Waals surface area (Å²) in [5, 5.41) is 12.2. The number of amides is 1. The smallest absolute Gasteiger partial charge is 0.237 e. The molecule has 1 N–H and O–H groups in total. The lowest BCUT2D eigenvalue weighted by Gasteiger charge is -2.19. The molecule has 1 aliphatic heterocycles. The molecule has 9 heteroatoms. The second-order valence-corrected chi connectivity index (χ2v) is 8.74. The van der Waals surface area contributed by atoms with Crippen molar-refractivity contribution >= 4 is 40.9 Å². The van der Waals surface area contributed by atoms with E-state index in [0.29, 0.717) is 15.9 Å². The Morgan fingerprint density at radius 3 is 2.67 bits per heavy atom. The number of aromatic nitrogens is 3. The van der Waals surface area contributed by atoms with Crippen LogP contribution in [0.25, 0.3) is 5.69 Å². The zero-order valence-electron chi connectivity index (χ0n) is 16.4. The fourth-order valence-corrected chi connectivity index (χ4v) is 4.40. The van der Waals surface area contributed by atoms with Gasteiger partial charge in [0.05, 0.1) is 16.0 Å². The Kier molecular flexibility index (Phi) is 6.24. The number of hydrogen-bond acceptors (Lipinski definition) is 5. The van der Waals surface area contributed by atoms with Crippen LogP contribution in [0.3, 0.4) is 0 Å². The third-order valence-electron chi connectivity index (χ3n) is 4.84. The van der Waals surface area contributed by atoms with Gasteiger partial charge in [-0.15, -0.1) is 10.2 Å². The molecule has 1 aromatic heterocycles. The topological polar surface area (TPSA) is 63.1 Å². The lowest BCUT2D eigenvalue weighted by atomic mass is 10.3. The molecule has 1 atom stereocenters. The summed E-state index contributed by atoms with van der Waals surface area (Å²) in [6.45, 7) is 3.59. The van der Waals surface area contributed by atoms with E-state index < -0.39 is 11.1 Å². The van der Waals surface area contributed by atoms with Crippen molar-refractivity contribution in [2.45, 2.75) is 30.2 Å². The van der Waals surface area contributed by atoms with Gasteiger partial charge in [-0.2, -0.15) is 0 Å². The van der Waals surface area contributed by atoms with Crippen LogP contribution in [-0.2, 0) is 4.79 Å². The summed E-state index contributed by atoms with van der Waals surface area (Å²) in [5.41, 5.74) is 1.18. The highest BCUT2D eigenvalue weighted by atomic mass is 35.5. The number of halogens is 2. The maximum Gasteiger partial charge on any atom is 0.237 e. The molecule has 0 saturated carbocycles. The highest BCUT2D eigenvalue weighted by molar-refractivity contribution is 8.00. The molecule has 0 aliphatic carbocycles. The zero-order chi connectivity index (χ0) is 21.1. The summed E-state index contributed by atoms with van der Waals surface area (Å²) in [6.07, 6.45) is 2.20. The van der Waals surface area contributed by atoms with Crippen molar-refractivity contribution in [1.29, 1.82) is 0 Å². The van der Waals surface area contributed by atoms with Crippen molar-refractivity contribution in [3.63, 3.8) is 0 Å². The summed E-state index contributed by atoms with van der Waals surface area (Å²) in [4.78, 5) is 14.8. The number of carbonyl (C=O) groups excluding carboxylic acids is 1. The number of thioether (sulfide) groups is 1. The van der Waals surface area contributed by atoms with Gasteiger partial charge in [0.1, 0.15) is 5.82 Å². The number of anilines is 2. The van der Waals surface area contributed by atoms with Crippen molar-refractivity contribution in [1.82, 2.24) is 14.8 Å². The Bertz CT molecular complexity index is 1050. The number of benzene rings is 2. The highest BCUT2D eigenvalue weighted by Gasteiger charge is 2.26. The maximum atomic E-state index is 13.4. The van der Waals surface area contributed by atoms with Gasteiger partial charge in [0.25, 0.3) is 0 Å². The molecular weight excluding hydrogens is 425 g/mol. The van der Waals surface area contributed by atoms with Crippen molar-refractivity contribution in [2.75, 3.05) is 23.3 Å². The van der Waals surface area contributed by atoms with E-state index in [0.717, 1.165) is 37.6 Å². The molecule has 1 unspecified atom stereocenters. The molecule has 156 valence electrons. The minimum absolute atomic E-state index is 0.248. The van der Waals surface area contributed by atoms with Gasteiger partial charge in [-0.25, -0.2) is 4.39 Å². The molecule has 6 nitrogen and oxygen atoms in total. The van der Waals surface area contributed by atoms with E-state index in [9.17, 15) is 9.18 Å². The molecule has 1 aliphatic rings. The largest absolute Gasteiger partial charge is 0.341 e. The molecule has 0 radical (unpaired) electrons.